The number of rotatable bonds is 2. The van der Waals surface area contributed by atoms with Crippen molar-refractivity contribution < 1.29 is 14.3 Å². The van der Waals surface area contributed by atoms with Gasteiger partial charge >= 0.3 is 5.97 Å². The number of halogens is 1. The molecule has 0 spiro atoms. The molecule has 5 heteroatoms. The third kappa shape index (κ3) is 2.04. The Morgan fingerprint density at radius 3 is 2.80 bits per heavy atom. The van der Waals surface area contributed by atoms with Crippen LogP contribution in [0.2, 0.25) is 5.02 Å². The average molecular weight is 288 g/mol. The van der Waals surface area contributed by atoms with Gasteiger partial charge in [0.25, 0.3) is 0 Å². The van der Waals surface area contributed by atoms with Gasteiger partial charge in [0.2, 0.25) is 5.89 Å². The Bertz CT molecular complexity index is 823. The van der Waals surface area contributed by atoms with E-state index in [9.17, 15) is 4.79 Å². The van der Waals surface area contributed by atoms with Crippen molar-refractivity contribution >= 4 is 28.7 Å². The Balaban J connectivity index is 2.20. The lowest BCUT2D eigenvalue weighted by Gasteiger charge is -1.99. The molecule has 3 aromatic rings. The summed E-state index contributed by atoms with van der Waals surface area (Å²) in [5.74, 6) is -0.642. The summed E-state index contributed by atoms with van der Waals surface area (Å²) in [6.45, 7) is 1.89. The summed E-state index contributed by atoms with van der Waals surface area (Å²) in [7, 11) is 0. The Morgan fingerprint density at radius 2 is 2.10 bits per heavy atom. The maximum Gasteiger partial charge on any atom is 0.338 e. The summed E-state index contributed by atoms with van der Waals surface area (Å²) in [4.78, 5) is 15.4. The van der Waals surface area contributed by atoms with Crippen LogP contribution in [0.25, 0.3) is 22.6 Å². The molecule has 0 aliphatic rings. The Kier molecular flexibility index (Phi) is 2.95. The van der Waals surface area contributed by atoms with Gasteiger partial charge in [-0.15, -0.1) is 0 Å². The fourth-order valence-electron chi connectivity index (χ4n) is 2.02. The normalized spacial score (nSPS) is 10.9. The molecule has 0 radical (unpaired) electrons. The van der Waals surface area contributed by atoms with Crippen LogP contribution in [0, 0.1) is 6.92 Å². The molecule has 2 aromatic carbocycles. The van der Waals surface area contributed by atoms with Crippen molar-refractivity contribution in [1.29, 1.82) is 0 Å². The molecular formula is C15H10ClNO3. The molecule has 100 valence electrons. The lowest BCUT2D eigenvalue weighted by Crippen LogP contribution is -1.96. The first-order valence-electron chi connectivity index (χ1n) is 5.95. The van der Waals surface area contributed by atoms with E-state index in [4.69, 9.17) is 21.1 Å². The lowest BCUT2D eigenvalue weighted by molar-refractivity contribution is 0.0699. The molecule has 0 fully saturated rings. The van der Waals surface area contributed by atoms with E-state index >= 15 is 0 Å². The fourth-order valence-corrected chi connectivity index (χ4v) is 2.14. The van der Waals surface area contributed by atoms with Crippen molar-refractivity contribution in [2.75, 3.05) is 0 Å². The minimum absolute atomic E-state index is 0.128. The second-order valence-electron chi connectivity index (χ2n) is 4.44. The monoisotopic (exact) mass is 287 g/mol. The zero-order chi connectivity index (χ0) is 14.3. The third-order valence-corrected chi connectivity index (χ3v) is 3.48. The number of hydrogen-bond donors (Lipinski definition) is 1. The van der Waals surface area contributed by atoms with Gasteiger partial charge in [-0.3, -0.25) is 0 Å². The van der Waals surface area contributed by atoms with E-state index in [1.807, 2.05) is 13.0 Å². The van der Waals surface area contributed by atoms with E-state index < -0.39 is 5.97 Å². The number of carboxylic acid groups (broad SMARTS) is 1. The minimum atomic E-state index is -1.03. The number of fused-ring (bicyclic) bond motifs is 1. The second kappa shape index (κ2) is 4.65. The molecule has 1 aromatic heterocycles. The highest BCUT2D eigenvalue weighted by molar-refractivity contribution is 6.31. The Morgan fingerprint density at radius 1 is 1.30 bits per heavy atom. The van der Waals surface area contributed by atoms with Gasteiger partial charge in [-0.2, -0.15) is 0 Å². The number of aromatic nitrogens is 1. The van der Waals surface area contributed by atoms with Crippen LogP contribution in [-0.4, -0.2) is 16.1 Å². The number of aromatic carboxylic acids is 1. The highest BCUT2D eigenvalue weighted by Gasteiger charge is 2.15. The number of benzene rings is 2. The van der Waals surface area contributed by atoms with Gasteiger partial charge < -0.3 is 9.52 Å². The number of aryl methyl sites for hydroxylation is 1. The summed E-state index contributed by atoms with van der Waals surface area (Å²) < 4.78 is 5.62. The quantitative estimate of drug-likeness (QED) is 0.769. The van der Waals surface area contributed by atoms with E-state index in [0.29, 0.717) is 22.0 Å². The summed E-state index contributed by atoms with van der Waals surface area (Å²) in [6, 6.07) is 10.2. The van der Waals surface area contributed by atoms with Crippen LogP contribution in [-0.2, 0) is 0 Å². The van der Waals surface area contributed by atoms with E-state index in [0.717, 1.165) is 11.1 Å². The molecule has 4 nitrogen and oxygen atoms in total. The van der Waals surface area contributed by atoms with Crippen molar-refractivity contribution in [1.82, 2.24) is 4.98 Å². The van der Waals surface area contributed by atoms with Gasteiger partial charge in [-0.25, -0.2) is 9.78 Å². The van der Waals surface area contributed by atoms with E-state index in [1.165, 1.54) is 6.07 Å². The fraction of sp³-hybridized carbons (Fsp3) is 0.0667. The number of hydrogen-bond acceptors (Lipinski definition) is 3. The molecule has 0 aliphatic heterocycles. The maximum absolute atomic E-state index is 11.2. The third-order valence-electron chi connectivity index (χ3n) is 3.05. The predicted molar refractivity (Wildman–Crippen MR) is 76.2 cm³/mol. The summed E-state index contributed by atoms with van der Waals surface area (Å²) in [5.41, 5.74) is 2.60. The van der Waals surface area contributed by atoms with Crippen LogP contribution in [0.3, 0.4) is 0 Å². The number of carboxylic acids is 1. The molecule has 0 saturated carbocycles. The highest BCUT2D eigenvalue weighted by Crippen LogP contribution is 2.28. The number of nitrogens with zero attached hydrogens (tertiary/aromatic N) is 1. The number of carbonyl (C=O) groups is 1. The molecule has 0 atom stereocenters. The van der Waals surface area contributed by atoms with E-state index in [1.54, 1.807) is 24.3 Å². The summed E-state index contributed by atoms with van der Waals surface area (Å²) in [5, 5.41) is 9.81. The largest absolute Gasteiger partial charge is 0.478 e. The van der Waals surface area contributed by atoms with E-state index in [-0.39, 0.29) is 5.56 Å². The van der Waals surface area contributed by atoms with Gasteiger partial charge in [0.1, 0.15) is 5.52 Å². The SMILES string of the molecule is Cc1cc(-c2nc3c(C(=O)O)cccc3o2)ccc1Cl. The molecule has 1 N–H and O–H groups in total. The van der Waals surface area contributed by atoms with Crippen molar-refractivity contribution in [2.45, 2.75) is 6.92 Å². The molecule has 0 aliphatic carbocycles. The van der Waals surface area contributed by atoms with Crippen molar-refractivity contribution in [2.24, 2.45) is 0 Å². The predicted octanol–water partition coefficient (Wildman–Crippen LogP) is 4.15. The minimum Gasteiger partial charge on any atom is -0.478 e. The topological polar surface area (TPSA) is 63.3 Å². The van der Waals surface area contributed by atoms with Gasteiger partial charge in [-0.05, 0) is 42.8 Å². The first-order chi connectivity index (χ1) is 9.56. The molecule has 0 amide bonds. The maximum atomic E-state index is 11.2. The van der Waals surface area contributed by atoms with Crippen molar-refractivity contribution in [3.05, 3.63) is 52.5 Å². The van der Waals surface area contributed by atoms with Crippen LogP contribution in [0.5, 0.6) is 0 Å². The molecule has 20 heavy (non-hydrogen) atoms. The smallest absolute Gasteiger partial charge is 0.338 e. The standard InChI is InChI=1S/C15H10ClNO3/c1-8-7-9(5-6-11(8)16)14-17-13-10(15(18)19)3-2-4-12(13)20-14/h2-7H,1H3,(H,18,19). The van der Waals surface area contributed by atoms with Crippen LogP contribution in [0.15, 0.2) is 40.8 Å². The van der Waals surface area contributed by atoms with Crippen LogP contribution in [0.4, 0.5) is 0 Å². The molecule has 0 bridgehead atoms. The second-order valence-corrected chi connectivity index (χ2v) is 4.85. The number of para-hydroxylation sites is 1. The molecule has 1 heterocycles. The van der Waals surface area contributed by atoms with Crippen molar-refractivity contribution in [3.63, 3.8) is 0 Å². The lowest BCUT2D eigenvalue weighted by atomic mass is 10.1. The van der Waals surface area contributed by atoms with Crippen LogP contribution < -0.4 is 0 Å². The highest BCUT2D eigenvalue weighted by atomic mass is 35.5. The summed E-state index contributed by atoms with van der Waals surface area (Å²) >= 11 is 5.98. The molecule has 3 rings (SSSR count). The first kappa shape index (κ1) is 12.7. The van der Waals surface area contributed by atoms with Crippen LogP contribution >= 0.6 is 11.6 Å². The van der Waals surface area contributed by atoms with Gasteiger partial charge in [0.15, 0.2) is 5.58 Å². The average Bonchev–Trinajstić information content (AvgIpc) is 2.85. The van der Waals surface area contributed by atoms with Crippen molar-refractivity contribution in [3.8, 4) is 11.5 Å². The van der Waals surface area contributed by atoms with Gasteiger partial charge in [0, 0.05) is 10.6 Å². The molecular weight excluding hydrogens is 278 g/mol. The van der Waals surface area contributed by atoms with Crippen LogP contribution in [0.1, 0.15) is 15.9 Å². The summed E-state index contributed by atoms with van der Waals surface area (Å²) in [6.07, 6.45) is 0. The zero-order valence-electron chi connectivity index (χ0n) is 10.6. The molecule has 0 saturated heterocycles. The first-order valence-corrected chi connectivity index (χ1v) is 6.33. The zero-order valence-corrected chi connectivity index (χ0v) is 11.3. The van der Waals surface area contributed by atoms with Gasteiger partial charge in [0.05, 0.1) is 5.56 Å². The van der Waals surface area contributed by atoms with E-state index in [2.05, 4.69) is 4.98 Å². The molecule has 0 unspecified atom stereocenters. The Labute approximate surface area is 119 Å². The number of oxazole rings is 1. The van der Waals surface area contributed by atoms with Gasteiger partial charge in [-0.1, -0.05) is 17.7 Å². The Hall–Kier alpha value is -2.33.